The maximum atomic E-state index is 13.9. The number of ketones is 1. The Bertz CT molecular complexity index is 2110. The molecule has 230 valence electrons. The van der Waals surface area contributed by atoms with Crippen LogP contribution in [-0.2, 0) is 0 Å². The maximum Gasteiger partial charge on any atom is 0.266 e. The molecule has 0 bridgehead atoms. The van der Waals surface area contributed by atoms with Crippen molar-refractivity contribution >= 4 is 40.8 Å². The number of rotatable bonds is 7. The molecule has 7 rings (SSSR count). The fraction of sp³-hybridized carbons (Fsp3) is 0.103. The van der Waals surface area contributed by atoms with E-state index in [2.05, 4.69) is 5.32 Å². The molecule has 8 heteroatoms. The van der Waals surface area contributed by atoms with Crippen molar-refractivity contribution in [3.63, 3.8) is 0 Å². The van der Waals surface area contributed by atoms with Crippen LogP contribution in [0.1, 0.15) is 74.5 Å². The first kappa shape index (κ1) is 29.6. The lowest BCUT2D eigenvalue weighted by atomic mass is 10.0. The van der Waals surface area contributed by atoms with Gasteiger partial charge in [-0.05, 0) is 79.1 Å². The molecule has 1 N–H and O–H groups in total. The number of benzene rings is 5. The third kappa shape index (κ3) is 5.29. The molecule has 2 atom stereocenters. The number of anilines is 2. The van der Waals surface area contributed by atoms with E-state index in [-0.39, 0.29) is 39.6 Å². The van der Waals surface area contributed by atoms with Crippen molar-refractivity contribution in [3.8, 4) is 0 Å². The first-order valence-corrected chi connectivity index (χ1v) is 15.2. The molecule has 5 aromatic rings. The molecule has 0 radical (unpaired) electrons. The molecule has 5 aromatic carbocycles. The second kappa shape index (κ2) is 11.7. The summed E-state index contributed by atoms with van der Waals surface area (Å²) in [6.45, 7) is 3.94. The summed E-state index contributed by atoms with van der Waals surface area (Å²) in [5.41, 5.74) is 5.04. The average Bonchev–Trinajstić information content (AvgIpc) is 3.80. The Balaban J connectivity index is 1.14. The van der Waals surface area contributed by atoms with E-state index >= 15 is 0 Å². The monoisotopic (exact) mass is 619 g/mol. The maximum absolute atomic E-state index is 13.9. The highest BCUT2D eigenvalue weighted by molar-refractivity contribution is 6.35. The number of hydrogen-bond acceptors (Lipinski definition) is 5. The van der Waals surface area contributed by atoms with Crippen molar-refractivity contribution in [1.29, 1.82) is 0 Å². The molecular weight excluding hydrogens is 590 g/mol. The van der Waals surface area contributed by atoms with Gasteiger partial charge in [0.15, 0.2) is 5.78 Å². The summed E-state index contributed by atoms with van der Waals surface area (Å²) in [5.74, 6) is -2.13. The predicted octanol–water partition coefficient (Wildman–Crippen LogP) is 6.80. The molecule has 0 unspecified atom stereocenters. The molecule has 2 aliphatic heterocycles. The van der Waals surface area contributed by atoms with Crippen LogP contribution < -0.4 is 10.2 Å². The number of nitrogens with one attached hydrogen (secondary N) is 1. The van der Waals surface area contributed by atoms with Crippen LogP contribution in [-0.4, -0.2) is 40.4 Å². The molecule has 0 spiro atoms. The minimum Gasteiger partial charge on any atom is -0.322 e. The number of amides is 4. The highest BCUT2D eigenvalue weighted by Crippen LogP contribution is 2.46. The fourth-order valence-electron chi connectivity index (χ4n) is 6.09. The second-order valence-corrected chi connectivity index (χ2v) is 11.8. The van der Waals surface area contributed by atoms with Gasteiger partial charge in [0.1, 0.15) is 6.04 Å². The van der Waals surface area contributed by atoms with Crippen molar-refractivity contribution < 1.29 is 24.0 Å². The number of fused-ring (bicyclic) bond motifs is 1. The number of nitrogens with zero attached hydrogens (tertiary/aromatic N) is 2. The smallest absolute Gasteiger partial charge is 0.266 e. The molecule has 8 nitrogen and oxygen atoms in total. The standard InChI is InChI=1S/C39H29N3O5/c1-23-16-18-29(20-24(23)2)40-36(44)27-14-9-15-30(21-27)41-38(46)31-19-17-28(22-32(31)39(41)47)37(45)42-33(25-10-5-3-6-11-25)34(42)35(43)26-12-7-4-8-13-26/h3-22,33-34H,1-2H3,(H,40,44)/t33-,34+,42?/m1/s1. The van der Waals surface area contributed by atoms with Gasteiger partial charge in [-0.1, -0.05) is 72.8 Å². The van der Waals surface area contributed by atoms with E-state index in [0.29, 0.717) is 11.3 Å². The van der Waals surface area contributed by atoms with Gasteiger partial charge < -0.3 is 10.2 Å². The summed E-state index contributed by atoms with van der Waals surface area (Å²) >= 11 is 0. The Morgan fingerprint density at radius 1 is 0.617 bits per heavy atom. The van der Waals surface area contributed by atoms with Crippen LogP contribution in [0.3, 0.4) is 0 Å². The number of hydrogen-bond donors (Lipinski definition) is 1. The van der Waals surface area contributed by atoms with E-state index in [1.165, 1.54) is 29.2 Å². The van der Waals surface area contributed by atoms with E-state index in [1.54, 1.807) is 42.5 Å². The number of imide groups is 1. The largest absolute Gasteiger partial charge is 0.322 e. The summed E-state index contributed by atoms with van der Waals surface area (Å²) in [5, 5.41) is 2.86. The van der Waals surface area contributed by atoms with Crippen LogP contribution in [0.2, 0.25) is 0 Å². The minimum absolute atomic E-state index is 0.0786. The molecule has 2 heterocycles. The molecule has 1 fully saturated rings. The summed E-state index contributed by atoms with van der Waals surface area (Å²) < 4.78 is 0. The van der Waals surface area contributed by atoms with Crippen LogP contribution in [0.4, 0.5) is 11.4 Å². The normalized spacial score (nSPS) is 16.6. The lowest BCUT2D eigenvalue weighted by molar-refractivity contribution is 0.0833. The third-order valence-electron chi connectivity index (χ3n) is 8.78. The van der Waals surface area contributed by atoms with Gasteiger partial charge in [0, 0.05) is 22.4 Å². The summed E-state index contributed by atoms with van der Waals surface area (Å²) in [6, 6.07) is 33.3. The number of carbonyl (C=O) groups excluding carboxylic acids is 5. The Kier molecular flexibility index (Phi) is 7.33. The van der Waals surface area contributed by atoms with Crippen LogP contribution in [0.25, 0.3) is 0 Å². The van der Waals surface area contributed by atoms with Gasteiger partial charge in [0.25, 0.3) is 23.6 Å². The molecule has 4 amide bonds. The van der Waals surface area contributed by atoms with E-state index in [0.717, 1.165) is 21.6 Å². The van der Waals surface area contributed by atoms with E-state index in [4.69, 9.17) is 0 Å². The average molecular weight is 620 g/mol. The molecule has 0 aliphatic carbocycles. The number of Topliss-reactive ketones (excluding diaryl/α,β-unsaturated/α-hetero) is 1. The van der Waals surface area contributed by atoms with Crippen LogP contribution in [0.5, 0.6) is 0 Å². The van der Waals surface area contributed by atoms with Crippen molar-refractivity contribution in [3.05, 3.63) is 166 Å². The zero-order valence-corrected chi connectivity index (χ0v) is 25.6. The van der Waals surface area contributed by atoms with Crippen molar-refractivity contribution in [2.45, 2.75) is 25.9 Å². The van der Waals surface area contributed by atoms with Crippen LogP contribution in [0.15, 0.2) is 121 Å². The first-order valence-electron chi connectivity index (χ1n) is 15.2. The minimum atomic E-state index is -0.702. The lowest BCUT2D eigenvalue weighted by Gasteiger charge is -2.15. The van der Waals surface area contributed by atoms with Gasteiger partial charge >= 0.3 is 0 Å². The molecular formula is C39H29N3O5. The van der Waals surface area contributed by atoms with Gasteiger partial charge in [-0.2, -0.15) is 0 Å². The number of carbonyl (C=O) groups is 5. The molecule has 0 saturated carbocycles. The first-order chi connectivity index (χ1) is 22.7. The molecule has 2 aliphatic rings. The zero-order chi connectivity index (χ0) is 32.8. The summed E-state index contributed by atoms with van der Waals surface area (Å²) in [7, 11) is 0. The molecule has 47 heavy (non-hydrogen) atoms. The highest BCUT2D eigenvalue weighted by atomic mass is 16.2. The Morgan fingerprint density at radius 2 is 1.30 bits per heavy atom. The van der Waals surface area contributed by atoms with Crippen molar-refractivity contribution in [2.75, 3.05) is 10.2 Å². The third-order valence-corrected chi connectivity index (χ3v) is 8.78. The van der Waals surface area contributed by atoms with Crippen LogP contribution in [0, 0.1) is 13.8 Å². The van der Waals surface area contributed by atoms with Gasteiger partial charge in [-0.25, -0.2) is 4.90 Å². The van der Waals surface area contributed by atoms with Gasteiger partial charge in [-0.3, -0.25) is 24.0 Å². The highest BCUT2D eigenvalue weighted by Gasteiger charge is 2.56. The van der Waals surface area contributed by atoms with E-state index in [9.17, 15) is 24.0 Å². The van der Waals surface area contributed by atoms with Crippen molar-refractivity contribution in [1.82, 2.24) is 4.90 Å². The van der Waals surface area contributed by atoms with E-state index in [1.807, 2.05) is 68.4 Å². The van der Waals surface area contributed by atoms with Crippen molar-refractivity contribution in [2.24, 2.45) is 0 Å². The fourth-order valence-corrected chi connectivity index (χ4v) is 6.09. The predicted molar refractivity (Wildman–Crippen MR) is 178 cm³/mol. The lowest BCUT2D eigenvalue weighted by Crippen LogP contribution is -2.29. The van der Waals surface area contributed by atoms with Crippen LogP contribution >= 0.6 is 0 Å². The second-order valence-electron chi connectivity index (χ2n) is 11.8. The quantitative estimate of drug-likeness (QED) is 0.123. The Morgan fingerprint density at radius 3 is 2.02 bits per heavy atom. The van der Waals surface area contributed by atoms with Gasteiger partial charge in [0.2, 0.25) is 0 Å². The topological polar surface area (TPSA) is 104 Å². The summed E-state index contributed by atoms with van der Waals surface area (Å²) in [6.07, 6.45) is 0. The number of aryl methyl sites for hydroxylation is 2. The molecule has 1 saturated heterocycles. The molecule has 0 aromatic heterocycles. The zero-order valence-electron chi connectivity index (χ0n) is 25.6. The van der Waals surface area contributed by atoms with E-state index < -0.39 is 29.8 Å². The Hall–Kier alpha value is -6.15. The summed E-state index contributed by atoms with van der Waals surface area (Å²) in [4.78, 5) is 70.2. The SMILES string of the molecule is Cc1ccc(NC(=O)c2cccc(N3C(=O)c4ccc(C(=O)N5[C@H](C(=O)c6ccccc6)[C@H]5c5ccccc5)cc4C3=O)c2)cc1C. The Labute approximate surface area is 271 Å². The van der Waals surface area contributed by atoms with Gasteiger partial charge in [-0.15, -0.1) is 0 Å². The van der Waals surface area contributed by atoms with Gasteiger partial charge in [0.05, 0.1) is 22.9 Å².